The molecule has 2 atom stereocenters. The number of carbonyl (C=O) groups is 2. The summed E-state index contributed by atoms with van der Waals surface area (Å²) in [5.41, 5.74) is 1.52. The number of alkyl halides is 3. The quantitative estimate of drug-likeness (QED) is 0.704. The standard InChI is InChI=1S/C21H18F3NO4/c22-21(23,24)29-14-10-8-13(9-11-14)18-7-3-4-15(28-18)12-25-19(26)16-5-1-2-6-17(16)20(25)27/h1-2,5-6,8-11,15,18H,3-4,7,12H2. The van der Waals surface area contributed by atoms with Gasteiger partial charge in [0.05, 0.1) is 29.9 Å². The molecule has 152 valence electrons. The Morgan fingerprint density at radius 1 is 0.966 bits per heavy atom. The smallest absolute Gasteiger partial charge is 0.406 e. The molecule has 29 heavy (non-hydrogen) atoms. The van der Waals surface area contributed by atoms with Gasteiger partial charge in [-0.05, 0) is 49.1 Å². The Morgan fingerprint density at radius 2 is 1.59 bits per heavy atom. The van der Waals surface area contributed by atoms with Gasteiger partial charge in [0.2, 0.25) is 0 Å². The van der Waals surface area contributed by atoms with Crippen molar-refractivity contribution in [3.63, 3.8) is 0 Å². The maximum Gasteiger partial charge on any atom is 0.573 e. The largest absolute Gasteiger partial charge is 0.573 e. The Balaban J connectivity index is 1.42. The molecule has 1 fully saturated rings. The molecule has 2 aliphatic heterocycles. The first-order valence-corrected chi connectivity index (χ1v) is 9.28. The summed E-state index contributed by atoms with van der Waals surface area (Å²) in [6, 6.07) is 12.3. The van der Waals surface area contributed by atoms with Crippen LogP contribution in [-0.2, 0) is 4.74 Å². The van der Waals surface area contributed by atoms with E-state index in [4.69, 9.17) is 4.74 Å². The lowest BCUT2D eigenvalue weighted by molar-refractivity contribution is -0.274. The Hall–Kier alpha value is -2.87. The van der Waals surface area contributed by atoms with Crippen molar-refractivity contribution in [3.8, 4) is 5.75 Å². The molecule has 5 nitrogen and oxygen atoms in total. The molecular formula is C21H18F3NO4. The summed E-state index contributed by atoms with van der Waals surface area (Å²) in [5.74, 6) is -0.949. The van der Waals surface area contributed by atoms with Crippen LogP contribution in [0, 0.1) is 0 Å². The SMILES string of the molecule is O=C1c2ccccc2C(=O)N1CC1CCCC(c2ccc(OC(F)(F)F)cc2)O1. The minimum atomic E-state index is -4.74. The van der Waals surface area contributed by atoms with Gasteiger partial charge in [-0.3, -0.25) is 14.5 Å². The van der Waals surface area contributed by atoms with Crippen LogP contribution in [0.25, 0.3) is 0 Å². The number of rotatable bonds is 4. The lowest BCUT2D eigenvalue weighted by atomic mass is 9.98. The first kappa shape index (κ1) is 19.4. The van der Waals surface area contributed by atoms with E-state index in [1.807, 2.05) is 0 Å². The highest BCUT2D eigenvalue weighted by Crippen LogP contribution is 2.34. The van der Waals surface area contributed by atoms with Crippen LogP contribution in [-0.4, -0.2) is 35.7 Å². The molecule has 0 saturated carbocycles. The first-order valence-electron chi connectivity index (χ1n) is 9.28. The Labute approximate surface area is 165 Å². The summed E-state index contributed by atoms with van der Waals surface area (Å²) in [7, 11) is 0. The topological polar surface area (TPSA) is 55.8 Å². The number of ether oxygens (including phenoxy) is 2. The highest BCUT2D eigenvalue weighted by atomic mass is 19.4. The number of imide groups is 1. The number of nitrogens with zero attached hydrogens (tertiary/aromatic N) is 1. The number of amides is 2. The summed E-state index contributed by atoms with van der Waals surface area (Å²) in [5, 5.41) is 0. The van der Waals surface area contributed by atoms with Crippen molar-refractivity contribution in [2.24, 2.45) is 0 Å². The van der Waals surface area contributed by atoms with Crippen molar-refractivity contribution in [1.29, 1.82) is 0 Å². The lowest BCUT2D eigenvalue weighted by Gasteiger charge is -2.32. The van der Waals surface area contributed by atoms with Gasteiger partial charge in [0.1, 0.15) is 5.75 Å². The number of fused-ring (bicyclic) bond motifs is 1. The summed E-state index contributed by atoms with van der Waals surface area (Å²) in [6.07, 6.45) is -3.16. The van der Waals surface area contributed by atoms with Crippen LogP contribution >= 0.6 is 0 Å². The van der Waals surface area contributed by atoms with E-state index in [-0.39, 0.29) is 36.3 Å². The molecular weight excluding hydrogens is 387 g/mol. The van der Waals surface area contributed by atoms with Crippen LogP contribution in [0.4, 0.5) is 13.2 Å². The van der Waals surface area contributed by atoms with Crippen LogP contribution in [0.3, 0.4) is 0 Å². The maximum absolute atomic E-state index is 12.5. The second-order valence-electron chi connectivity index (χ2n) is 7.06. The normalized spacial score (nSPS) is 22.0. The maximum atomic E-state index is 12.5. The highest BCUT2D eigenvalue weighted by molar-refractivity contribution is 6.21. The molecule has 4 rings (SSSR count). The zero-order valence-corrected chi connectivity index (χ0v) is 15.3. The van der Waals surface area contributed by atoms with Crippen LogP contribution in [0.1, 0.15) is 51.6 Å². The van der Waals surface area contributed by atoms with Crippen LogP contribution < -0.4 is 4.74 Å². The van der Waals surface area contributed by atoms with E-state index in [2.05, 4.69) is 4.74 Å². The molecule has 1 saturated heterocycles. The van der Waals surface area contributed by atoms with Crippen LogP contribution in [0.15, 0.2) is 48.5 Å². The fourth-order valence-electron chi connectivity index (χ4n) is 3.77. The van der Waals surface area contributed by atoms with Crippen molar-refractivity contribution in [1.82, 2.24) is 4.90 Å². The minimum absolute atomic E-state index is 0.151. The Morgan fingerprint density at radius 3 is 2.17 bits per heavy atom. The lowest BCUT2D eigenvalue weighted by Crippen LogP contribution is -2.39. The average molecular weight is 405 g/mol. The van der Waals surface area contributed by atoms with E-state index in [0.29, 0.717) is 24.0 Å². The third-order valence-electron chi connectivity index (χ3n) is 5.10. The molecule has 0 aliphatic carbocycles. The predicted molar refractivity (Wildman–Crippen MR) is 96.4 cm³/mol. The average Bonchev–Trinajstić information content (AvgIpc) is 2.93. The molecule has 0 N–H and O–H groups in total. The molecule has 0 bridgehead atoms. The molecule has 2 unspecified atom stereocenters. The molecule has 2 amide bonds. The van der Waals surface area contributed by atoms with Gasteiger partial charge in [0, 0.05) is 0 Å². The fraction of sp³-hybridized carbons (Fsp3) is 0.333. The van der Waals surface area contributed by atoms with Crippen molar-refractivity contribution in [2.75, 3.05) is 6.54 Å². The third-order valence-corrected chi connectivity index (χ3v) is 5.10. The van der Waals surface area contributed by atoms with E-state index in [1.165, 1.54) is 29.2 Å². The monoisotopic (exact) mass is 405 g/mol. The summed E-state index contributed by atoms with van der Waals surface area (Å²) >= 11 is 0. The van der Waals surface area contributed by atoms with E-state index >= 15 is 0 Å². The Kier molecular flexibility index (Phi) is 5.04. The minimum Gasteiger partial charge on any atom is -0.406 e. The zero-order chi connectivity index (χ0) is 20.6. The second kappa shape index (κ2) is 7.51. The van der Waals surface area contributed by atoms with Crippen LogP contribution in [0.2, 0.25) is 0 Å². The van der Waals surface area contributed by atoms with Crippen molar-refractivity contribution in [3.05, 3.63) is 65.2 Å². The molecule has 2 aliphatic rings. The van der Waals surface area contributed by atoms with E-state index in [9.17, 15) is 22.8 Å². The van der Waals surface area contributed by atoms with Gasteiger partial charge >= 0.3 is 6.36 Å². The molecule has 0 aromatic heterocycles. The van der Waals surface area contributed by atoms with Crippen molar-refractivity contribution < 1.29 is 32.2 Å². The van der Waals surface area contributed by atoms with Gasteiger partial charge in [-0.2, -0.15) is 0 Å². The number of benzene rings is 2. The van der Waals surface area contributed by atoms with Gasteiger partial charge in [0.25, 0.3) is 11.8 Å². The van der Waals surface area contributed by atoms with E-state index in [0.717, 1.165) is 12.0 Å². The third kappa shape index (κ3) is 4.12. The van der Waals surface area contributed by atoms with Gasteiger partial charge in [0.15, 0.2) is 0 Å². The molecule has 0 radical (unpaired) electrons. The molecule has 8 heteroatoms. The fourth-order valence-corrected chi connectivity index (χ4v) is 3.77. The van der Waals surface area contributed by atoms with Crippen molar-refractivity contribution in [2.45, 2.75) is 37.8 Å². The second-order valence-corrected chi connectivity index (χ2v) is 7.06. The van der Waals surface area contributed by atoms with E-state index < -0.39 is 6.36 Å². The number of hydrogen-bond acceptors (Lipinski definition) is 4. The molecule has 0 spiro atoms. The zero-order valence-electron chi connectivity index (χ0n) is 15.3. The summed E-state index contributed by atoms with van der Waals surface area (Å²) < 4.78 is 46.8. The van der Waals surface area contributed by atoms with Gasteiger partial charge in [-0.1, -0.05) is 24.3 Å². The molecule has 2 aromatic carbocycles. The van der Waals surface area contributed by atoms with Gasteiger partial charge in [-0.25, -0.2) is 0 Å². The predicted octanol–water partition coefficient (Wildman–Crippen LogP) is 4.49. The molecule has 2 aromatic rings. The molecule has 2 heterocycles. The first-order chi connectivity index (χ1) is 13.8. The number of carbonyl (C=O) groups excluding carboxylic acids is 2. The Bertz CT molecular complexity index is 891. The summed E-state index contributed by atoms with van der Waals surface area (Å²) in [6.45, 7) is 0.151. The van der Waals surface area contributed by atoms with Crippen LogP contribution in [0.5, 0.6) is 5.75 Å². The number of halogens is 3. The van der Waals surface area contributed by atoms with Crippen molar-refractivity contribution >= 4 is 11.8 Å². The highest BCUT2D eigenvalue weighted by Gasteiger charge is 2.38. The van der Waals surface area contributed by atoms with E-state index in [1.54, 1.807) is 24.3 Å². The van der Waals surface area contributed by atoms with Gasteiger partial charge < -0.3 is 9.47 Å². The van der Waals surface area contributed by atoms with Gasteiger partial charge in [-0.15, -0.1) is 13.2 Å². The number of hydrogen-bond donors (Lipinski definition) is 0. The summed E-state index contributed by atoms with van der Waals surface area (Å²) in [4.78, 5) is 26.3.